The maximum absolute atomic E-state index is 9.38. The summed E-state index contributed by atoms with van der Waals surface area (Å²) in [5.41, 5.74) is 0.0959. The van der Waals surface area contributed by atoms with Gasteiger partial charge in [0, 0.05) is 11.6 Å². The number of hydrogen-bond donors (Lipinski definition) is 1. The van der Waals surface area contributed by atoms with Crippen LogP contribution in [-0.2, 0) is 0 Å². The Bertz CT molecular complexity index is 284. The van der Waals surface area contributed by atoms with Gasteiger partial charge in [-0.25, -0.2) is 0 Å². The Morgan fingerprint density at radius 2 is 2.27 bits per heavy atom. The van der Waals surface area contributed by atoms with Crippen molar-refractivity contribution in [2.24, 2.45) is 5.92 Å². The van der Waals surface area contributed by atoms with Crippen LogP contribution in [0.4, 0.5) is 0 Å². The summed E-state index contributed by atoms with van der Waals surface area (Å²) in [6, 6.07) is 0.355. The van der Waals surface area contributed by atoms with Crippen molar-refractivity contribution in [1.29, 1.82) is 0 Å². The van der Waals surface area contributed by atoms with E-state index >= 15 is 0 Å². The van der Waals surface area contributed by atoms with Crippen LogP contribution in [0.25, 0.3) is 0 Å². The molecule has 0 radical (unpaired) electrons. The molecule has 15 heavy (non-hydrogen) atoms. The predicted octanol–water partition coefficient (Wildman–Crippen LogP) is 1.96. The molecular weight excluding hydrogens is 186 g/mol. The molecule has 84 valence electrons. The van der Waals surface area contributed by atoms with Crippen LogP contribution < -0.4 is 0 Å². The van der Waals surface area contributed by atoms with E-state index in [-0.39, 0.29) is 5.54 Å². The van der Waals surface area contributed by atoms with Gasteiger partial charge in [0.25, 0.3) is 0 Å². The number of hydrogen-bond acceptors (Lipinski definition) is 2. The van der Waals surface area contributed by atoms with E-state index in [1.165, 1.54) is 6.42 Å². The molecule has 2 aliphatic rings. The van der Waals surface area contributed by atoms with Crippen molar-refractivity contribution in [3.63, 3.8) is 0 Å². The number of nitrogens with zero attached hydrogens (tertiary/aromatic N) is 1. The predicted molar refractivity (Wildman–Crippen MR) is 62.7 cm³/mol. The molecule has 0 amide bonds. The average Bonchev–Trinajstić information content (AvgIpc) is 2.71. The molecule has 0 bridgehead atoms. The number of rotatable bonds is 2. The lowest BCUT2D eigenvalue weighted by atomic mass is 9.81. The van der Waals surface area contributed by atoms with Gasteiger partial charge < -0.3 is 5.11 Å². The second-order valence-corrected chi connectivity index (χ2v) is 4.93. The van der Waals surface area contributed by atoms with E-state index in [0.29, 0.717) is 18.6 Å². The molecule has 1 N–H and O–H groups in total. The molecule has 0 spiro atoms. The minimum Gasteiger partial charge on any atom is -0.395 e. The second kappa shape index (κ2) is 4.11. The first-order chi connectivity index (χ1) is 7.18. The summed E-state index contributed by atoms with van der Waals surface area (Å²) in [6.45, 7) is 5.95. The molecule has 1 saturated heterocycles. The summed E-state index contributed by atoms with van der Waals surface area (Å²) in [6.07, 6.45) is 11.1. The zero-order valence-electron chi connectivity index (χ0n) is 9.69. The maximum Gasteiger partial charge on any atom is 0.0587 e. The Morgan fingerprint density at radius 3 is 2.93 bits per heavy atom. The van der Waals surface area contributed by atoms with Crippen molar-refractivity contribution in [1.82, 2.24) is 4.90 Å². The molecule has 1 aliphatic carbocycles. The molecule has 2 unspecified atom stereocenters. The van der Waals surface area contributed by atoms with Crippen LogP contribution in [0.1, 0.15) is 26.7 Å². The van der Waals surface area contributed by atoms with Gasteiger partial charge in [-0.3, -0.25) is 4.90 Å². The molecule has 0 aromatic heterocycles. The molecule has 0 aromatic carbocycles. The average molecular weight is 207 g/mol. The summed E-state index contributed by atoms with van der Waals surface area (Å²) in [4.78, 5) is 2.47. The fourth-order valence-electron chi connectivity index (χ4n) is 2.84. The molecule has 1 fully saturated rings. The number of likely N-dealkylation sites (tertiary alicyclic amines) is 1. The molecule has 3 atom stereocenters. The maximum atomic E-state index is 9.38. The number of aliphatic hydroxyl groups is 1. The first-order valence-electron chi connectivity index (χ1n) is 5.92. The Hall–Kier alpha value is -0.600. The molecule has 1 aliphatic heterocycles. The SMILES string of the molecule is CC1C=CC=CC1(C)N1CCC[C@@H]1CO. The van der Waals surface area contributed by atoms with Crippen LogP contribution in [0.15, 0.2) is 24.3 Å². The highest BCUT2D eigenvalue weighted by atomic mass is 16.3. The molecular formula is C13H21NO. The van der Waals surface area contributed by atoms with Crippen LogP contribution in [0.5, 0.6) is 0 Å². The molecule has 2 rings (SSSR count). The highest BCUT2D eigenvalue weighted by Crippen LogP contribution is 2.35. The zero-order chi connectivity index (χ0) is 10.9. The minimum atomic E-state index is 0.0959. The zero-order valence-corrected chi connectivity index (χ0v) is 9.69. The molecule has 0 aromatic rings. The van der Waals surface area contributed by atoms with Crippen LogP contribution in [0, 0.1) is 5.92 Å². The minimum absolute atomic E-state index is 0.0959. The van der Waals surface area contributed by atoms with Crippen molar-refractivity contribution < 1.29 is 5.11 Å². The Labute approximate surface area is 92.3 Å². The molecule has 1 heterocycles. The lowest BCUT2D eigenvalue weighted by Crippen LogP contribution is -2.52. The van der Waals surface area contributed by atoms with Gasteiger partial charge in [0.1, 0.15) is 0 Å². The summed E-state index contributed by atoms with van der Waals surface area (Å²) in [5, 5.41) is 9.38. The van der Waals surface area contributed by atoms with Gasteiger partial charge in [0.2, 0.25) is 0 Å². The summed E-state index contributed by atoms with van der Waals surface area (Å²) < 4.78 is 0. The smallest absolute Gasteiger partial charge is 0.0587 e. The van der Waals surface area contributed by atoms with Gasteiger partial charge in [0.15, 0.2) is 0 Å². The van der Waals surface area contributed by atoms with E-state index < -0.39 is 0 Å². The quantitative estimate of drug-likeness (QED) is 0.748. The monoisotopic (exact) mass is 207 g/mol. The lowest BCUT2D eigenvalue weighted by Gasteiger charge is -2.44. The van der Waals surface area contributed by atoms with Crippen molar-refractivity contribution in [3.05, 3.63) is 24.3 Å². The summed E-state index contributed by atoms with van der Waals surface area (Å²) in [7, 11) is 0. The first kappa shape index (κ1) is 10.9. The standard InChI is InChI=1S/C13H21NO/c1-11-6-3-4-8-13(11,2)14-9-5-7-12(14)10-15/h3-4,6,8,11-12,15H,5,7,9-10H2,1-2H3/t11?,12-,13?/m1/s1. The largest absolute Gasteiger partial charge is 0.395 e. The fraction of sp³-hybridized carbons (Fsp3) is 0.692. The third kappa shape index (κ3) is 1.77. The van der Waals surface area contributed by atoms with E-state index in [0.717, 1.165) is 13.0 Å². The third-order valence-electron chi connectivity index (χ3n) is 4.07. The van der Waals surface area contributed by atoms with E-state index in [2.05, 4.69) is 43.1 Å². The van der Waals surface area contributed by atoms with Crippen molar-refractivity contribution in [2.45, 2.75) is 38.3 Å². The lowest BCUT2D eigenvalue weighted by molar-refractivity contribution is 0.0644. The van der Waals surface area contributed by atoms with Crippen molar-refractivity contribution in [3.8, 4) is 0 Å². The fourth-order valence-corrected chi connectivity index (χ4v) is 2.84. The van der Waals surface area contributed by atoms with Gasteiger partial charge >= 0.3 is 0 Å². The van der Waals surface area contributed by atoms with Crippen LogP contribution in [-0.4, -0.2) is 34.7 Å². The van der Waals surface area contributed by atoms with E-state index in [9.17, 15) is 5.11 Å². The second-order valence-electron chi connectivity index (χ2n) is 4.93. The Kier molecular flexibility index (Phi) is 2.98. The number of allylic oxidation sites excluding steroid dienone is 2. The van der Waals surface area contributed by atoms with Crippen LogP contribution >= 0.6 is 0 Å². The van der Waals surface area contributed by atoms with Crippen LogP contribution in [0.2, 0.25) is 0 Å². The molecule has 2 heteroatoms. The van der Waals surface area contributed by atoms with Gasteiger partial charge in [-0.15, -0.1) is 0 Å². The van der Waals surface area contributed by atoms with Gasteiger partial charge in [-0.1, -0.05) is 31.2 Å². The highest BCUT2D eigenvalue weighted by molar-refractivity contribution is 5.23. The first-order valence-corrected chi connectivity index (χ1v) is 5.92. The highest BCUT2D eigenvalue weighted by Gasteiger charge is 2.40. The Balaban J connectivity index is 2.21. The Morgan fingerprint density at radius 1 is 1.47 bits per heavy atom. The molecule has 0 saturated carbocycles. The topological polar surface area (TPSA) is 23.5 Å². The number of aliphatic hydroxyl groups excluding tert-OH is 1. The normalized spacial score (nSPS) is 41.3. The van der Waals surface area contributed by atoms with E-state index in [4.69, 9.17) is 0 Å². The van der Waals surface area contributed by atoms with Gasteiger partial charge in [-0.05, 0) is 32.2 Å². The van der Waals surface area contributed by atoms with Gasteiger partial charge in [-0.2, -0.15) is 0 Å². The summed E-state index contributed by atoms with van der Waals surface area (Å²) in [5.74, 6) is 0.523. The van der Waals surface area contributed by atoms with E-state index in [1.54, 1.807) is 0 Å². The third-order valence-corrected chi connectivity index (χ3v) is 4.07. The van der Waals surface area contributed by atoms with Crippen molar-refractivity contribution >= 4 is 0 Å². The summed E-state index contributed by atoms with van der Waals surface area (Å²) >= 11 is 0. The van der Waals surface area contributed by atoms with Crippen molar-refractivity contribution in [2.75, 3.05) is 13.2 Å². The van der Waals surface area contributed by atoms with Gasteiger partial charge in [0.05, 0.1) is 6.61 Å². The molecule has 2 nitrogen and oxygen atoms in total. The van der Waals surface area contributed by atoms with Crippen LogP contribution in [0.3, 0.4) is 0 Å². The van der Waals surface area contributed by atoms with E-state index in [1.807, 2.05) is 0 Å².